The SMILES string of the molecule is CCNc1nc(C2CC2)nc(NC(C)C(N)=O)c1C. The Balaban J connectivity index is 2.31. The Morgan fingerprint density at radius 3 is 2.58 bits per heavy atom. The van der Waals surface area contributed by atoms with Gasteiger partial charge in [-0.05, 0) is 33.6 Å². The summed E-state index contributed by atoms with van der Waals surface area (Å²) in [5, 5.41) is 6.30. The van der Waals surface area contributed by atoms with Crippen molar-refractivity contribution in [2.45, 2.75) is 45.6 Å². The quantitative estimate of drug-likeness (QED) is 0.721. The van der Waals surface area contributed by atoms with Gasteiger partial charge in [0, 0.05) is 18.0 Å². The zero-order chi connectivity index (χ0) is 14.0. The van der Waals surface area contributed by atoms with Gasteiger partial charge in [0.2, 0.25) is 5.91 Å². The van der Waals surface area contributed by atoms with Crippen LogP contribution >= 0.6 is 0 Å². The van der Waals surface area contributed by atoms with Crippen LogP contribution in [0.5, 0.6) is 0 Å². The van der Waals surface area contributed by atoms with Gasteiger partial charge in [0.05, 0.1) is 0 Å². The number of carbonyl (C=O) groups is 1. The number of nitrogens with one attached hydrogen (secondary N) is 2. The Morgan fingerprint density at radius 1 is 1.42 bits per heavy atom. The summed E-state index contributed by atoms with van der Waals surface area (Å²) in [6, 6.07) is -0.449. The van der Waals surface area contributed by atoms with E-state index in [0.29, 0.717) is 11.7 Å². The first-order valence-corrected chi connectivity index (χ1v) is 6.71. The van der Waals surface area contributed by atoms with Crippen LogP contribution < -0.4 is 16.4 Å². The van der Waals surface area contributed by atoms with Crippen LogP contribution in [0, 0.1) is 6.92 Å². The first-order valence-electron chi connectivity index (χ1n) is 6.71. The van der Waals surface area contributed by atoms with E-state index in [1.54, 1.807) is 6.92 Å². The topological polar surface area (TPSA) is 92.9 Å². The lowest BCUT2D eigenvalue weighted by Gasteiger charge is -2.17. The van der Waals surface area contributed by atoms with Crippen molar-refractivity contribution in [3.63, 3.8) is 0 Å². The molecule has 0 saturated heterocycles. The molecule has 1 fully saturated rings. The van der Waals surface area contributed by atoms with Crippen molar-refractivity contribution in [1.82, 2.24) is 9.97 Å². The number of hydrogen-bond acceptors (Lipinski definition) is 5. The van der Waals surface area contributed by atoms with E-state index >= 15 is 0 Å². The summed E-state index contributed by atoms with van der Waals surface area (Å²) in [5.41, 5.74) is 6.20. The predicted octanol–water partition coefficient (Wildman–Crippen LogP) is 1.38. The van der Waals surface area contributed by atoms with E-state index < -0.39 is 11.9 Å². The number of aromatic nitrogens is 2. The molecule has 104 valence electrons. The standard InChI is InChI=1S/C13H21N5O/c1-4-15-11-7(2)12(16-8(3)10(14)19)18-13(17-11)9-5-6-9/h8-9H,4-6H2,1-3H3,(H2,14,19)(H2,15,16,17,18). The van der Waals surface area contributed by atoms with Crippen molar-refractivity contribution in [2.24, 2.45) is 5.73 Å². The molecule has 4 N–H and O–H groups in total. The normalized spacial score (nSPS) is 15.9. The largest absolute Gasteiger partial charge is 0.370 e. The van der Waals surface area contributed by atoms with E-state index in [4.69, 9.17) is 5.73 Å². The van der Waals surface area contributed by atoms with Gasteiger partial charge >= 0.3 is 0 Å². The zero-order valence-corrected chi connectivity index (χ0v) is 11.7. The highest BCUT2D eigenvalue weighted by Gasteiger charge is 2.28. The fraction of sp³-hybridized carbons (Fsp3) is 0.615. The molecule has 6 nitrogen and oxygen atoms in total. The predicted molar refractivity (Wildman–Crippen MR) is 75.2 cm³/mol. The molecule has 1 atom stereocenters. The second-order valence-corrected chi connectivity index (χ2v) is 4.98. The molecule has 1 aliphatic rings. The Hall–Kier alpha value is -1.85. The molecule has 0 aromatic carbocycles. The Labute approximate surface area is 113 Å². The van der Waals surface area contributed by atoms with Crippen LogP contribution in [0.4, 0.5) is 11.6 Å². The van der Waals surface area contributed by atoms with E-state index in [1.165, 1.54) is 0 Å². The Bertz CT molecular complexity index is 484. The highest BCUT2D eigenvalue weighted by Crippen LogP contribution is 2.39. The molecule has 1 aliphatic carbocycles. The van der Waals surface area contributed by atoms with Gasteiger partial charge in [-0.25, -0.2) is 9.97 Å². The maximum absolute atomic E-state index is 11.2. The van der Waals surface area contributed by atoms with Gasteiger partial charge in [-0.2, -0.15) is 0 Å². The van der Waals surface area contributed by atoms with Crippen LogP contribution in [0.15, 0.2) is 0 Å². The summed E-state index contributed by atoms with van der Waals surface area (Å²) >= 11 is 0. The molecule has 0 spiro atoms. The number of nitrogens with zero attached hydrogens (tertiary/aromatic N) is 2. The Morgan fingerprint density at radius 2 is 2.05 bits per heavy atom. The molecule has 6 heteroatoms. The summed E-state index contributed by atoms with van der Waals surface area (Å²) in [7, 11) is 0. The van der Waals surface area contributed by atoms with Crippen LogP contribution in [0.1, 0.15) is 44.0 Å². The van der Waals surface area contributed by atoms with Crippen molar-refractivity contribution < 1.29 is 4.79 Å². The molecule has 1 amide bonds. The highest BCUT2D eigenvalue weighted by atomic mass is 16.1. The van der Waals surface area contributed by atoms with Crippen LogP contribution in [-0.2, 0) is 4.79 Å². The molecule has 1 aromatic heterocycles. The lowest BCUT2D eigenvalue weighted by atomic mass is 10.2. The first kappa shape index (κ1) is 13.6. The summed E-state index contributed by atoms with van der Waals surface area (Å²) in [6.07, 6.45) is 2.28. The molecule has 1 aromatic rings. The van der Waals surface area contributed by atoms with Crippen LogP contribution in [0.2, 0.25) is 0 Å². The highest BCUT2D eigenvalue weighted by molar-refractivity contribution is 5.82. The van der Waals surface area contributed by atoms with Crippen molar-refractivity contribution in [1.29, 1.82) is 0 Å². The van der Waals surface area contributed by atoms with Gasteiger partial charge in [-0.3, -0.25) is 4.79 Å². The smallest absolute Gasteiger partial charge is 0.239 e. The van der Waals surface area contributed by atoms with Gasteiger partial charge in [0.15, 0.2) is 0 Å². The lowest BCUT2D eigenvalue weighted by molar-refractivity contribution is -0.118. The van der Waals surface area contributed by atoms with Crippen molar-refractivity contribution in [3.05, 3.63) is 11.4 Å². The minimum Gasteiger partial charge on any atom is -0.370 e. The minimum atomic E-state index is -0.449. The average Bonchev–Trinajstić information content (AvgIpc) is 3.18. The molecular weight excluding hydrogens is 242 g/mol. The van der Waals surface area contributed by atoms with E-state index in [2.05, 4.69) is 20.6 Å². The van der Waals surface area contributed by atoms with Crippen LogP contribution in [0.3, 0.4) is 0 Å². The number of primary amides is 1. The van der Waals surface area contributed by atoms with Crippen molar-refractivity contribution >= 4 is 17.5 Å². The molecular formula is C13H21N5O. The van der Waals surface area contributed by atoms with E-state index in [-0.39, 0.29) is 0 Å². The molecule has 1 saturated carbocycles. The molecule has 19 heavy (non-hydrogen) atoms. The first-order chi connectivity index (χ1) is 9.02. The van der Waals surface area contributed by atoms with Gasteiger partial charge in [-0.1, -0.05) is 0 Å². The van der Waals surface area contributed by atoms with E-state index in [9.17, 15) is 4.79 Å². The third-order valence-electron chi connectivity index (χ3n) is 3.23. The number of nitrogens with two attached hydrogens (primary N) is 1. The number of rotatable bonds is 6. The van der Waals surface area contributed by atoms with Crippen molar-refractivity contribution in [3.8, 4) is 0 Å². The van der Waals surface area contributed by atoms with Crippen LogP contribution in [-0.4, -0.2) is 28.5 Å². The number of hydrogen-bond donors (Lipinski definition) is 3. The maximum atomic E-state index is 11.2. The molecule has 2 rings (SSSR count). The third-order valence-corrected chi connectivity index (χ3v) is 3.23. The van der Waals surface area contributed by atoms with E-state index in [0.717, 1.165) is 36.6 Å². The lowest BCUT2D eigenvalue weighted by Crippen LogP contribution is -2.33. The summed E-state index contributed by atoms with van der Waals surface area (Å²) < 4.78 is 0. The fourth-order valence-corrected chi connectivity index (χ4v) is 1.81. The summed E-state index contributed by atoms with van der Waals surface area (Å²) in [4.78, 5) is 20.2. The maximum Gasteiger partial charge on any atom is 0.239 e. The zero-order valence-electron chi connectivity index (χ0n) is 11.7. The molecule has 1 unspecified atom stereocenters. The van der Waals surface area contributed by atoms with E-state index in [1.807, 2.05) is 13.8 Å². The van der Waals surface area contributed by atoms with Gasteiger partial charge in [-0.15, -0.1) is 0 Å². The second kappa shape index (κ2) is 5.42. The van der Waals surface area contributed by atoms with Gasteiger partial charge in [0.1, 0.15) is 23.5 Å². The monoisotopic (exact) mass is 263 g/mol. The molecule has 0 aliphatic heterocycles. The number of carbonyl (C=O) groups excluding carboxylic acids is 1. The average molecular weight is 263 g/mol. The van der Waals surface area contributed by atoms with Crippen LogP contribution in [0.25, 0.3) is 0 Å². The number of amides is 1. The second-order valence-electron chi connectivity index (χ2n) is 4.98. The third kappa shape index (κ3) is 3.13. The summed E-state index contributed by atoms with van der Waals surface area (Å²) in [6.45, 7) is 6.49. The van der Waals surface area contributed by atoms with Gasteiger partial charge < -0.3 is 16.4 Å². The number of anilines is 2. The fourth-order valence-electron chi connectivity index (χ4n) is 1.81. The van der Waals surface area contributed by atoms with Crippen molar-refractivity contribution in [2.75, 3.05) is 17.2 Å². The minimum absolute atomic E-state index is 0.393. The van der Waals surface area contributed by atoms with Gasteiger partial charge in [0.25, 0.3) is 0 Å². The molecule has 0 bridgehead atoms. The summed E-state index contributed by atoms with van der Waals surface area (Å²) in [5.74, 6) is 2.44. The molecule has 1 heterocycles. The Kier molecular flexibility index (Phi) is 3.87. The molecule has 0 radical (unpaired) electrons.